The number of benzene rings is 3. The molecule has 166 valence electrons. The third kappa shape index (κ3) is 3.99. The Morgan fingerprint density at radius 3 is 2.55 bits per heavy atom. The van der Waals surface area contributed by atoms with E-state index in [9.17, 15) is 9.59 Å². The Morgan fingerprint density at radius 2 is 1.76 bits per heavy atom. The van der Waals surface area contributed by atoms with Crippen LogP contribution in [0.15, 0.2) is 66.9 Å². The number of nitrogens with one attached hydrogen (secondary N) is 2. The van der Waals surface area contributed by atoms with Crippen molar-refractivity contribution < 1.29 is 24.3 Å². The van der Waals surface area contributed by atoms with Gasteiger partial charge in [-0.25, -0.2) is 5.48 Å². The molecular weight excluding hydrogens is 422 g/mol. The average Bonchev–Trinajstić information content (AvgIpc) is 3.43. The number of anilines is 1. The maximum Gasteiger partial charge on any atom is 0.274 e. The van der Waals surface area contributed by atoms with Gasteiger partial charge in [-0.3, -0.25) is 14.8 Å². The number of carbonyl (C=O) groups is 2. The van der Waals surface area contributed by atoms with Crippen LogP contribution in [-0.2, 0) is 6.54 Å². The van der Waals surface area contributed by atoms with Gasteiger partial charge in [0.15, 0.2) is 11.5 Å². The Balaban J connectivity index is 1.45. The fraction of sp³-hybridized carbons (Fsp3) is 0.120. The summed E-state index contributed by atoms with van der Waals surface area (Å²) in [6.07, 6.45) is 1.83. The summed E-state index contributed by atoms with van der Waals surface area (Å²) in [5.41, 5.74) is 6.09. The van der Waals surface area contributed by atoms with Gasteiger partial charge in [0.25, 0.3) is 11.8 Å². The van der Waals surface area contributed by atoms with Crippen molar-refractivity contribution in [1.29, 1.82) is 0 Å². The minimum atomic E-state index is -0.564. The number of hydrogen-bond donors (Lipinski definition) is 3. The van der Waals surface area contributed by atoms with Crippen molar-refractivity contribution in [1.82, 2.24) is 10.0 Å². The van der Waals surface area contributed by atoms with Gasteiger partial charge in [0.2, 0.25) is 6.79 Å². The highest BCUT2D eigenvalue weighted by atomic mass is 16.7. The number of fused-ring (bicyclic) bond motifs is 2. The summed E-state index contributed by atoms with van der Waals surface area (Å²) in [6.45, 7) is 2.67. The Morgan fingerprint density at radius 1 is 0.970 bits per heavy atom. The summed E-state index contributed by atoms with van der Waals surface area (Å²) in [5, 5.41) is 12.6. The van der Waals surface area contributed by atoms with E-state index < -0.39 is 5.91 Å². The van der Waals surface area contributed by atoms with E-state index in [4.69, 9.17) is 14.7 Å². The molecule has 33 heavy (non-hydrogen) atoms. The van der Waals surface area contributed by atoms with Crippen LogP contribution in [0.2, 0.25) is 0 Å². The molecule has 0 radical (unpaired) electrons. The highest BCUT2D eigenvalue weighted by Gasteiger charge is 2.18. The Bertz CT molecular complexity index is 1380. The van der Waals surface area contributed by atoms with E-state index in [1.807, 2.05) is 48.0 Å². The lowest BCUT2D eigenvalue weighted by Gasteiger charge is -2.07. The molecule has 1 aliphatic heterocycles. The van der Waals surface area contributed by atoms with Crippen molar-refractivity contribution in [3.63, 3.8) is 0 Å². The largest absolute Gasteiger partial charge is 0.454 e. The number of rotatable bonds is 5. The van der Waals surface area contributed by atoms with Gasteiger partial charge in [0.1, 0.15) is 0 Å². The summed E-state index contributed by atoms with van der Waals surface area (Å²) < 4.78 is 12.7. The maximum absolute atomic E-state index is 13.2. The van der Waals surface area contributed by atoms with E-state index in [1.54, 1.807) is 35.8 Å². The molecule has 8 heteroatoms. The third-order valence-corrected chi connectivity index (χ3v) is 5.58. The zero-order valence-corrected chi connectivity index (χ0v) is 17.8. The van der Waals surface area contributed by atoms with E-state index in [2.05, 4.69) is 5.32 Å². The van der Waals surface area contributed by atoms with Gasteiger partial charge < -0.3 is 19.4 Å². The lowest BCUT2D eigenvalue weighted by Crippen LogP contribution is -2.18. The maximum atomic E-state index is 13.2. The van der Waals surface area contributed by atoms with Crippen LogP contribution in [0.3, 0.4) is 0 Å². The normalized spacial score (nSPS) is 12.1. The first-order chi connectivity index (χ1) is 16.0. The summed E-state index contributed by atoms with van der Waals surface area (Å²) in [4.78, 5) is 24.7. The molecular formula is C25H21N3O5. The molecule has 4 aromatic rings. The van der Waals surface area contributed by atoms with E-state index in [0.717, 1.165) is 22.0 Å². The van der Waals surface area contributed by atoms with Crippen molar-refractivity contribution in [2.24, 2.45) is 0 Å². The minimum absolute atomic E-state index is 0.172. The van der Waals surface area contributed by atoms with Crippen molar-refractivity contribution in [2.45, 2.75) is 13.5 Å². The number of nitrogens with zero attached hydrogens (tertiary/aromatic N) is 1. The quantitative estimate of drug-likeness (QED) is 0.318. The van der Waals surface area contributed by atoms with Crippen LogP contribution in [0.1, 0.15) is 31.8 Å². The third-order valence-electron chi connectivity index (χ3n) is 5.58. The zero-order chi connectivity index (χ0) is 22.9. The van der Waals surface area contributed by atoms with Gasteiger partial charge in [-0.05, 0) is 48.9 Å². The molecule has 2 heterocycles. The topological polar surface area (TPSA) is 102 Å². The second-order valence-corrected chi connectivity index (χ2v) is 7.85. The van der Waals surface area contributed by atoms with Crippen LogP contribution < -0.4 is 20.3 Å². The molecule has 0 unspecified atom stereocenters. The van der Waals surface area contributed by atoms with Crippen molar-refractivity contribution in [2.75, 3.05) is 12.1 Å². The molecule has 0 bridgehead atoms. The van der Waals surface area contributed by atoms with Gasteiger partial charge in [0.05, 0.1) is 5.56 Å². The van der Waals surface area contributed by atoms with E-state index in [0.29, 0.717) is 34.9 Å². The average molecular weight is 443 g/mol. The van der Waals surface area contributed by atoms with Gasteiger partial charge in [0, 0.05) is 41.0 Å². The van der Waals surface area contributed by atoms with Crippen LogP contribution in [0, 0.1) is 6.92 Å². The monoisotopic (exact) mass is 443 g/mol. The molecule has 1 aromatic heterocycles. The number of ether oxygens (including phenoxy) is 2. The molecule has 0 atom stereocenters. The smallest absolute Gasteiger partial charge is 0.274 e. The second kappa shape index (κ2) is 8.33. The van der Waals surface area contributed by atoms with Crippen LogP contribution in [0.5, 0.6) is 11.5 Å². The molecule has 3 aromatic carbocycles. The summed E-state index contributed by atoms with van der Waals surface area (Å²) in [7, 11) is 0. The zero-order valence-electron chi connectivity index (χ0n) is 17.8. The second-order valence-electron chi connectivity index (χ2n) is 7.85. The molecule has 0 spiro atoms. The number of hydrogen-bond acceptors (Lipinski definition) is 5. The summed E-state index contributed by atoms with van der Waals surface area (Å²) in [5.74, 6) is 0.469. The summed E-state index contributed by atoms with van der Waals surface area (Å²) >= 11 is 0. The van der Waals surface area contributed by atoms with Gasteiger partial charge in [-0.1, -0.05) is 23.8 Å². The molecule has 2 amide bonds. The molecule has 8 nitrogen and oxygen atoms in total. The van der Waals surface area contributed by atoms with E-state index >= 15 is 0 Å². The number of aromatic nitrogens is 1. The van der Waals surface area contributed by atoms with E-state index in [-0.39, 0.29) is 12.7 Å². The van der Waals surface area contributed by atoms with Crippen LogP contribution in [-0.4, -0.2) is 28.4 Å². The van der Waals surface area contributed by atoms with E-state index in [1.165, 1.54) is 0 Å². The van der Waals surface area contributed by atoms with Crippen LogP contribution in [0.25, 0.3) is 10.9 Å². The highest BCUT2D eigenvalue weighted by molar-refractivity contribution is 6.13. The SMILES string of the molecule is Cc1ccc2c(c1)c(C(=O)Nc1ccc3c(c1)OCO3)cn2Cc1ccc(C(=O)NO)cc1. The molecule has 1 aliphatic rings. The predicted octanol–water partition coefficient (Wildman–Crippen LogP) is 4.10. The Hall–Kier alpha value is -4.30. The fourth-order valence-electron chi connectivity index (χ4n) is 3.92. The first-order valence-corrected chi connectivity index (χ1v) is 10.4. The van der Waals surface area contributed by atoms with Crippen molar-refractivity contribution >= 4 is 28.4 Å². The number of amides is 2. The lowest BCUT2D eigenvalue weighted by atomic mass is 10.1. The first kappa shape index (κ1) is 20.6. The number of aryl methyl sites for hydroxylation is 1. The van der Waals surface area contributed by atoms with Crippen LogP contribution >= 0.6 is 0 Å². The first-order valence-electron chi connectivity index (χ1n) is 10.4. The molecule has 0 aliphatic carbocycles. The highest BCUT2D eigenvalue weighted by Crippen LogP contribution is 2.34. The summed E-state index contributed by atoms with van der Waals surface area (Å²) in [6, 6.07) is 18.2. The lowest BCUT2D eigenvalue weighted by molar-refractivity contribution is 0.0706. The molecule has 3 N–H and O–H groups in total. The molecule has 0 saturated carbocycles. The standard InChI is InChI=1S/C25H21N3O5/c1-15-2-8-21-19(10-15)20(25(30)26-18-7-9-22-23(11-18)33-14-32-22)13-28(21)12-16-3-5-17(6-4-16)24(29)27-31/h2-11,13,31H,12,14H2,1H3,(H,26,30)(H,27,29). The Kier molecular flexibility index (Phi) is 5.20. The van der Waals surface area contributed by atoms with Crippen molar-refractivity contribution in [3.05, 3.63) is 89.1 Å². The predicted molar refractivity (Wildman–Crippen MR) is 122 cm³/mol. The fourth-order valence-corrected chi connectivity index (χ4v) is 3.92. The molecule has 5 rings (SSSR count). The van der Waals surface area contributed by atoms with Gasteiger partial charge in [-0.2, -0.15) is 0 Å². The van der Waals surface area contributed by atoms with Crippen molar-refractivity contribution in [3.8, 4) is 11.5 Å². The molecule has 0 saturated heterocycles. The van der Waals surface area contributed by atoms with Gasteiger partial charge >= 0.3 is 0 Å². The number of hydroxylamine groups is 1. The minimum Gasteiger partial charge on any atom is -0.454 e. The number of carbonyl (C=O) groups excluding carboxylic acids is 2. The van der Waals surface area contributed by atoms with Crippen LogP contribution in [0.4, 0.5) is 5.69 Å². The van der Waals surface area contributed by atoms with Gasteiger partial charge in [-0.15, -0.1) is 0 Å². The molecule has 0 fully saturated rings. The Labute approximate surface area is 189 Å².